The van der Waals surface area contributed by atoms with Crippen LogP contribution < -0.4 is 5.32 Å². The largest absolute Gasteiger partial charge is 0.368 e. The highest BCUT2D eigenvalue weighted by Gasteiger charge is 2.30. The number of hydrogen-bond acceptors (Lipinski definition) is 4. The number of ether oxygens (including phenoxy) is 1. The van der Waals surface area contributed by atoms with Crippen molar-refractivity contribution >= 4 is 11.6 Å². The Bertz CT molecular complexity index is 597. The van der Waals surface area contributed by atoms with Crippen LogP contribution in [0.1, 0.15) is 13.3 Å². The lowest BCUT2D eigenvalue weighted by Gasteiger charge is -2.14. The number of rotatable bonds is 3. The molecule has 1 N–H and O–H groups in total. The predicted molar refractivity (Wildman–Crippen MR) is 73.5 cm³/mol. The SMILES string of the molecule is C[C@H]1CCO[C@H]1C(=O)Nc1cccc(-n2ccnn2)c1. The lowest BCUT2D eigenvalue weighted by Crippen LogP contribution is -2.31. The molecule has 1 aliphatic rings. The molecule has 1 fully saturated rings. The van der Waals surface area contributed by atoms with Crippen molar-refractivity contribution in [3.63, 3.8) is 0 Å². The molecule has 1 aromatic heterocycles. The van der Waals surface area contributed by atoms with Crippen molar-refractivity contribution in [2.24, 2.45) is 5.92 Å². The average Bonchev–Trinajstić information content (AvgIpc) is 3.09. The van der Waals surface area contributed by atoms with Gasteiger partial charge < -0.3 is 10.1 Å². The van der Waals surface area contributed by atoms with Crippen molar-refractivity contribution in [3.8, 4) is 5.69 Å². The number of amides is 1. The molecule has 6 heteroatoms. The van der Waals surface area contributed by atoms with Crippen LogP contribution in [-0.4, -0.2) is 33.6 Å². The smallest absolute Gasteiger partial charge is 0.253 e. The summed E-state index contributed by atoms with van der Waals surface area (Å²) in [6, 6.07) is 7.47. The standard InChI is InChI=1S/C14H16N4O2/c1-10-5-8-20-13(10)14(19)16-11-3-2-4-12(9-11)18-7-6-15-17-18/h2-4,6-7,9-10,13H,5,8H2,1H3,(H,16,19)/t10-,13+/m0/s1. The van der Waals surface area contributed by atoms with Crippen LogP contribution in [0.3, 0.4) is 0 Å². The van der Waals surface area contributed by atoms with Crippen LogP contribution in [-0.2, 0) is 9.53 Å². The Morgan fingerprint density at radius 3 is 3.10 bits per heavy atom. The van der Waals surface area contributed by atoms with Crippen LogP contribution in [0.15, 0.2) is 36.7 Å². The number of carbonyl (C=O) groups is 1. The maximum atomic E-state index is 12.2. The monoisotopic (exact) mass is 272 g/mol. The van der Waals surface area contributed by atoms with Gasteiger partial charge in [-0.15, -0.1) is 5.10 Å². The van der Waals surface area contributed by atoms with Crippen LogP contribution >= 0.6 is 0 Å². The van der Waals surface area contributed by atoms with Crippen molar-refractivity contribution in [1.29, 1.82) is 0 Å². The van der Waals surface area contributed by atoms with E-state index in [1.165, 1.54) is 0 Å². The molecule has 6 nitrogen and oxygen atoms in total. The topological polar surface area (TPSA) is 69.0 Å². The number of benzene rings is 1. The third-order valence-corrected chi connectivity index (χ3v) is 3.45. The molecule has 1 aromatic carbocycles. The van der Waals surface area contributed by atoms with E-state index in [1.54, 1.807) is 17.1 Å². The quantitative estimate of drug-likeness (QED) is 0.922. The molecule has 1 saturated heterocycles. The Kier molecular flexibility index (Phi) is 3.47. The summed E-state index contributed by atoms with van der Waals surface area (Å²) in [6.45, 7) is 2.68. The van der Waals surface area contributed by atoms with Gasteiger partial charge in [0.1, 0.15) is 6.10 Å². The van der Waals surface area contributed by atoms with Gasteiger partial charge in [-0.3, -0.25) is 4.79 Å². The first-order valence-corrected chi connectivity index (χ1v) is 6.63. The van der Waals surface area contributed by atoms with Crippen molar-refractivity contribution in [2.45, 2.75) is 19.4 Å². The van der Waals surface area contributed by atoms with Crippen LogP contribution in [0.5, 0.6) is 0 Å². The number of hydrogen-bond donors (Lipinski definition) is 1. The molecule has 2 atom stereocenters. The maximum Gasteiger partial charge on any atom is 0.253 e. The van der Waals surface area contributed by atoms with E-state index in [9.17, 15) is 4.79 Å². The van der Waals surface area contributed by atoms with E-state index in [-0.39, 0.29) is 17.9 Å². The molecule has 0 saturated carbocycles. The highest BCUT2D eigenvalue weighted by Crippen LogP contribution is 2.22. The normalized spacial score (nSPS) is 21.9. The highest BCUT2D eigenvalue weighted by atomic mass is 16.5. The van der Waals surface area contributed by atoms with Crippen molar-refractivity contribution in [2.75, 3.05) is 11.9 Å². The average molecular weight is 272 g/mol. The molecule has 0 bridgehead atoms. The molecule has 1 aliphatic heterocycles. The fourth-order valence-electron chi connectivity index (χ4n) is 2.32. The molecule has 0 spiro atoms. The molecular formula is C14H16N4O2. The summed E-state index contributed by atoms with van der Waals surface area (Å²) in [6.07, 6.45) is 3.93. The van der Waals surface area contributed by atoms with E-state index in [1.807, 2.05) is 31.2 Å². The molecule has 0 radical (unpaired) electrons. The minimum absolute atomic E-state index is 0.0919. The zero-order valence-corrected chi connectivity index (χ0v) is 11.2. The Balaban J connectivity index is 1.74. The summed E-state index contributed by atoms with van der Waals surface area (Å²) < 4.78 is 7.11. The number of anilines is 1. The van der Waals surface area contributed by atoms with Gasteiger partial charge in [-0.25, -0.2) is 4.68 Å². The third kappa shape index (κ3) is 2.55. The van der Waals surface area contributed by atoms with Crippen LogP contribution in [0, 0.1) is 5.92 Å². The van der Waals surface area contributed by atoms with Crippen LogP contribution in [0.25, 0.3) is 5.69 Å². The molecule has 20 heavy (non-hydrogen) atoms. The van der Waals surface area contributed by atoms with Gasteiger partial charge in [0.05, 0.1) is 18.1 Å². The van der Waals surface area contributed by atoms with Gasteiger partial charge in [-0.1, -0.05) is 18.2 Å². The molecule has 2 heterocycles. The first-order chi connectivity index (χ1) is 9.74. The molecule has 3 rings (SSSR count). The molecule has 0 unspecified atom stereocenters. The highest BCUT2D eigenvalue weighted by molar-refractivity contribution is 5.94. The molecular weight excluding hydrogens is 256 g/mol. The third-order valence-electron chi connectivity index (χ3n) is 3.45. The molecule has 1 amide bonds. The van der Waals surface area contributed by atoms with E-state index in [0.29, 0.717) is 6.61 Å². The fraction of sp³-hybridized carbons (Fsp3) is 0.357. The van der Waals surface area contributed by atoms with Gasteiger partial charge in [-0.05, 0) is 30.5 Å². The minimum atomic E-state index is -0.356. The summed E-state index contributed by atoms with van der Waals surface area (Å²) in [5.74, 6) is 0.166. The summed E-state index contributed by atoms with van der Waals surface area (Å²) in [5.41, 5.74) is 1.58. The van der Waals surface area contributed by atoms with Crippen LogP contribution in [0.2, 0.25) is 0 Å². The van der Waals surface area contributed by atoms with Crippen molar-refractivity contribution in [1.82, 2.24) is 15.0 Å². The number of nitrogens with one attached hydrogen (secondary N) is 1. The Labute approximate surface area is 116 Å². The van der Waals surface area contributed by atoms with E-state index in [0.717, 1.165) is 17.8 Å². The van der Waals surface area contributed by atoms with Gasteiger partial charge in [-0.2, -0.15) is 0 Å². The zero-order valence-electron chi connectivity index (χ0n) is 11.2. The predicted octanol–water partition coefficient (Wildman–Crippen LogP) is 1.63. The van der Waals surface area contributed by atoms with Crippen molar-refractivity contribution < 1.29 is 9.53 Å². The Morgan fingerprint density at radius 2 is 2.40 bits per heavy atom. The van der Waals surface area contributed by atoms with Gasteiger partial charge in [0, 0.05) is 12.3 Å². The first-order valence-electron chi connectivity index (χ1n) is 6.63. The summed E-state index contributed by atoms with van der Waals surface area (Å²) in [5, 5.41) is 10.6. The second kappa shape index (κ2) is 5.42. The molecule has 0 aliphatic carbocycles. The van der Waals surface area contributed by atoms with E-state index in [2.05, 4.69) is 15.6 Å². The second-order valence-corrected chi connectivity index (χ2v) is 4.94. The van der Waals surface area contributed by atoms with E-state index >= 15 is 0 Å². The number of carbonyl (C=O) groups excluding carboxylic acids is 1. The van der Waals surface area contributed by atoms with E-state index < -0.39 is 0 Å². The maximum absolute atomic E-state index is 12.2. The van der Waals surface area contributed by atoms with E-state index in [4.69, 9.17) is 4.74 Å². The number of nitrogens with zero attached hydrogens (tertiary/aromatic N) is 3. The second-order valence-electron chi connectivity index (χ2n) is 4.94. The lowest BCUT2D eigenvalue weighted by atomic mass is 10.0. The van der Waals surface area contributed by atoms with Gasteiger partial charge in [0.15, 0.2) is 0 Å². The molecule has 104 valence electrons. The summed E-state index contributed by atoms with van der Waals surface area (Å²) >= 11 is 0. The van der Waals surface area contributed by atoms with Gasteiger partial charge >= 0.3 is 0 Å². The molecule has 2 aromatic rings. The zero-order chi connectivity index (χ0) is 13.9. The minimum Gasteiger partial charge on any atom is -0.368 e. The Morgan fingerprint density at radius 1 is 1.50 bits per heavy atom. The first kappa shape index (κ1) is 12.8. The van der Waals surface area contributed by atoms with Gasteiger partial charge in [0.2, 0.25) is 0 Å². The summed E-state index contributed by atoms with van der Waals surface area (Å²) in [7, 11) is 0. The lowest BCUT2D eigenvalue weighted by molar-refractivity contribution is -0.126. The fourth-order valence-corrected chi connectivity index (χ4v) is 2.32. The Hall–Kier alpha value is -2.21. The van der Waals surface area contributed by atoms with Crippen molar-refractivity contribution in [3.05, 3.63) is 36.7 Å². The summed E-state index contributed by atoms with van der Waals surface area (Å²) in [4.78, 5) is 12.2. The number of aromatic nitrogens is 3. The van der Waals surface area contributed by atoms with Crippen LogP contribution in [0.4, 0.5) is 5.69 Å². The van der Waals surface area contributed by atoms with Gasteiger partial charge in [0.25, 0.3) is 5.91 Å².